The average Bonchev–Trinajstić information content (AvgIpc) is 2.84. The van der Waals surface area contributed by atoms with Gasteiger partial charge in [-0.15, -0.1) is 0 Å². The van der Waals surface area contributed by atoms with E-state index in [2.05, 4.69) is 51.1 Å². The highest BCUT2D eigenvalue weighted by atomic mass is 16.5. The molecule has 8 nitrogen and oxygen atoms in total. The Bertz CT molecular complexity index is 1090. The largest absolute Gasteiger partial charge is 0.386 e. The number of hydrogen-bond donors (Lipinski definition) is 2. The minimum Gasteiger partial charge on any atom is -0.386 e. The maximum atomic E-state index is 5.68. The summed E-state index contributed by atoms with van der Waals surface area (Å²) >= 11 is 0. The van der Waals surface area contributed by atoms with Crippen LogP contribution in [0.4, 0.5) is 23.0 Å². The van der Waals surface area contributed by atoms with Gasteiger partial charge < -0.3 is 20.7 Å². The van der Waals surface area contributed by atoms with Crippen LogP contribution in [0.1, 0.15) is 6.92 Å². The van der Waals surface area contributed by atoms with Crippen molar-refractivity contribution in [1.29, 1.82) is 0 Å². The van der Waals surface area contributed by atoms with E-state index in [-0.39, 0.29) is 0 Å². The molecular formula is C24H27N7O. The fraction of sp³-hybridized carbons (Fsp3) is 0.208. The molecule has 4 rings (SSSR count). The molecule has 0 amide bonds. The van der Waals surface area contributed by atoms with Gasteiger partial charge in [-0.2, -0.15) is 5.10 Å². The Morgan fingerprint density at radius 2 is 1.97 bits per heavy atom. The summed E-state index contributed by atoms with van der Waals surface area (Å²) in [6.45, 7) is 8.81. The van der Waals surface area contributed by atoms with E-state index in [1.165, 1.54) is 5.69 Å². The molecule has 164 valence electrons. The number of ether oxygens (including phenoxy) is 1. The van der Waals surface area contributed by atoms with Crippen LogP contribution in [-0.4, -0.2) is 42.1 Å². The molecule has 1 aromatic heterocycles. The summed E-state index contributed by atoms with van der Waals surface area (Å²) < 4.78 is 5.46. The third kappa shape index (κ3) is 5.22. The van der Waals surface area contributed by atoms with Crippen molar-refractivity contribution >= 4 is 28.8 Å². The van der Waals surface area contributed by atoms with E-state index in [0.717, 1.165) is 48.9 Å². The molecule has 1 saturated heterocycles. The van der Waals surface area contributed by atoms with Gasteiger partial charge in [0.2, 0.25) is 5.95 Å². The standard InChI is InChI=1S/C24H27N7O/c1-3-31(29-18(2)25)21-9-7-20(8-10-21)27-24-26-12-11-23(28-24)19-5-4-6-22(17-19)30-13-15-32-16-14-30/h3-12,17H,1,13-16H2,2H3,(H2,25,29)(H,26,27,28). The monoisotopic (exact) mass is 429 g/mol. The highest BCUT2D eigenvalue weighted by molar-refractivity contribution is 5.79. The first kappa shape index (κ1) is 21.3. The Morgan fingerprint density at radius 3 is 2.69 bits per heavy atom. The quantitative estimate of drug-likeness (QED) is 0.334. The van der Waals surface area contributed by atoms with E-state index in [1.54, 1.807) is 24.3 Å². The molecule has 1 aliphatic rings. The maximum Gasteiger partial charge on any atom is 0.227 e. The predicted molar refractivity (Wildman–Crippen MR) is 130 cm³/mol. The summed E-state index contributed by atoms with van der Waals surface area (Å²) in [5.41, 5.74) is 10.5. The summed E-state index contributed by atoms with van der Waals surface area (Å²) in [5, 5.41) is 9.11. The lowest BCUT2D eigenvalue weighted by molar-refractivity contribution is 0.122. The zero-order chi connectivity index (χ0) is 22.3. The summed E-state index contributed by atoms with van der Waals surface area (Å²) in [6, 6.07) is 18.0. The smallest absolute Gasteiger partial charge is 0.227 e. The molecule has 0 atom stereocenters. The molecule has 2 heterocycles. The lowest BCUT2D eigenvalue weighted by Crippen LogP contribution is -2.36. The van der Waals surface area contributed by atoms with Gasteiger partial charge in [0.05, 0.1) is 24.6 Å². The first-order valence-electron chi connectivity index (χ1n) is 10.5. The number of anilines is 4. The molecule has 8 heteroatoms. The van der Waals surface area contributed by atoms with E-state index in [1.807, 2.05) is 30.3 Å². The third-order valence-corrected chi connectivity index (χ3v) is 5.00. The molecule has 2 aromatic carbocycles. The number of rotatable bonds is 7. The second-order valence-electron chi connectivity index (χ2n) is 7.36. The molecule has 3 N–H and O–H groups in total. The lowest BCUT2D eigenvalue weighted by Gasteiger charge is -2.29. The minimum atomic E-state index is 0.454. The topological polar surface area (TPSA) is 91.9 Å². The molecule has 0 radical (unpaired) electrons. The Hall–Kier alpha value is -3.91. The molecule has 3 aromatic rings. The number of hydrazone groups is 1. The van der Waals surface area contributed by atoms with Gasteiger partial charge in [0, 0.05) is 42.4 Å². The van der Waals surface area contributed by atoms with Gasteiger partial charge >= 0.3 is 0 Å². The van der Waals surface area contributed by atoms with Crippen molar-refractivity contribution < 1.29 is 4.74 Å². The van der Waals surface area contributed by atoms with Crippen LogP contribution in [0.15, 0.2) is 78.7 Å². The molecule has 0 saturated carbocycles. The van der Waals surface area contributed by atoms with E-state index in [4.69, 9.17) is 15.5 Å². The minimum absolute atomic E-state index is 0.454. The van der Waals surface area contributed by atoms with Crippen LogP contribution in [-0.2, 0) is 4.74 Å². The predicted octanol–water partition coefficient (Wildman–Crippen LogP) is 3.97. The fourth-order valence-corrected chi connectivity index (χ4v) is 3.46. The van der Waals surface area contributed by atoms with Crippen molar-refractivity contribution in [3.05, 3.63) is 73.6 Å². The van der Waals surface area contributed by atoms with Gasteiger partial charge in [-0.1, -0.05) is 18.7 Å². The summed E-state index contributed by atoms with van der Waals surface area (Å²) in [6.07, 6.45) is 3.37. The first-order chi connectivity index (χ1) is 15.6. The highest BCUT2D eigenvalue weighted by Gasteiger charge is 2.12. The van der Waals surface area contributed by atoms with Crippen LogP contribution >= 0.6 is 0 Å². The average molecular weight is 430 g/mol. The summed E-state index contributed by atoms with van der Waals surface area (Å²) in [5.74, 6) is 0.985. The van der Waals surface area contributed by atoms with Crippen LogP contribution in [0.3, 0.4) is 0 Å². The normalized spacial score (nSPS) is 14.2. The molecule has 32 heavy (non-hydrogen) atoms. The lowest BCUT2D eigenvalue weighted by atomic mass is 10.1. The van der Waals surface area contributed by atoms with Gasteiger partial charge in [0.1, 0.15) is 5.84 Å². The van der Waals surface area contributed by atoms with Crippen LogP contribution in [0.5, 0.6) is 0 Å². The second-order valence-corrected chi connectivity index (χ2v) is 7.36. The van der Waals surface area contributed by atoms with Crippen molar-refractivity contribution in [2.45, 2.75) is 6.92 Å². The van der Waals surface area contributed by atoms with E-state index in [0.29, 0.717) is 11.8 Å². The molecular weight excluding hydrogens is 402 g/mol. The van der Waals surface area contributed by atoms with Crippen LogP contribution in [0, 0.1) is 0 Å². The van der Waals surface area contributed by atoms with Crippen molar-refractivity contribution in [2.24, 2.45) is 10.8 Å². The van der Waals surface area contributed by atoms with Crippen molar-refractivity contribution in [1.82, 2.24) is 9.97 Å². The molecule has 0 unspecified atom stereocenters. The summed E-state index contributed by atoms with van der Waals surface area (Å²) in [4.78, 5) is 11.4. The number of aromatic nitrogens is 2. The van der Waals surface area contributed by atoms with Crippen LogP contribution in [0.25, 0.3) is 11.3 Å². The second kappa shape index (κ2) is 9.93. The number of hydrogen-bond acceptors (Lipinski definition) is 7. The number of nitrogens with two attached hydrogens (primary N) is 1. The number of benzene rings is 2. The fourth-order valence-electron chi connectivity index (χ4n) is 3.46. The zero-order valence-electron chi connectivity index (χ0n) is 18.1. The van der Waals surface area contributed by atoms with Gasteiger partial charge in [0.15, 0.2) is 0 Å². The zero-order valence-corrected chi connectivity index (χ0v) is 18.1. The maximum absolute atomic E-state index is 5.68. The van der Waals surface area contributed by atoms with Crippen molar-refractivity contribution in [2.75, 3.05) is 41.5 Å². The Morgan fingerprint density at radius 1 is 1.19 bits per heavy atom. The SMILES string of the molecule is C=CN(/N=C(/C)N)c1ccc(Nc2nccc(-c3cccc(N4CCOCC4)c3)n2)cc1. The van der Waals surface area contributed by atoms with Gasteiger partial charge in [-0.3, -0.25) is 0 Å². The Kier molecular flexibility index (Phi) is 6.62. The van der Waals surface area contributed by atoms with Crippen LogP contribution < -0.4 is 21.0 Å². The highest BCUT2D eigenvalue weighted by Crippen LogP contribution is 2.26. The van der Waals surface area contributed by atoms with Crippen molar-refractivity contribution in [3.63, 3.8) is 0 Å². The van der Waals surface area contributed by atoms with E-state index >= 15 is 0 Å². The van der Waals surface area contributed by atoms with Gasteiger partial charge in [-0.25, -0.2) is 15.0 Å². The Labute approximate surface area is 188 Å². The first-order valence-corrected chi connectivity index (χ1v) is 10.5. The number of nitrogens with one attached hydrogen (secondary N) is 1. The third-order valence-electron chi connectivity index (χ3n) is 5.00. The van der Waals surface area contributed by atoms with E-state index < -0.39 is 0 Å². The number of amidine groups is 1. The van der Waals surface area contributed by atoms with Crippen LogP contribution in [0.2, 0.25) is 0 Å². The molecule has 0 aliphatic carbocycles. The molecule has 1 fully saturated rings. The van der Waals surface area contributed by atoms with Gasteiger partial charge in [0.25, 0.3) is 0 Å². The number of morpholine rings is 1. The van der Waals surface area contributed by atoms with E-state index in [9.17, 15) is 0 Å². The van der Waals surface area contributed by atoms with Gasteiger partial charge in [-0.05, 0) is 49.4 Å². The molecule has 0 spiro atoms. The summed E-state index contributed by atoms with van der Waals surface area (Å²) in [7, 11) is 0. The molecule has 0 bridgehead atoms. The van der Waals surface area contributed by atoms with Crippen molar-refractivity contribution in [3.8, 4) is 11.3 Å². The molecule has 1 aliphatic heterocycles. The number of nitrogens with zero attached hydrogens (tertiary/aromatic N) is 5. The Balaban J connectivity index is 1.50.